The number of aromatic nitrogens is 1. The number of nitrogens with zero attached hydrogens (tertiary/aromatic N) is 2. The van der Waals surface area contributed by atoms with Gasteiger partial charge in [0, 0.05) is 61.2 Å². The standard InChI is InChI=1S/C27H31FN4O3/c1-17(2)26(34)30-24(15-20-16-29-23-7-5-4-6-21(20)23)27(35)32-12-10-31(11-13-32)25-9-8-19(18(3)33)14-22(25)28/h4-9,14,16-17,24,29H,10-13,15H2,1-3H3,(H,30,34). The maximum Gasteiger partial charge on any atom is 0.245 e. The van der Waals surface area contributed by atoms with Crippen molar-refractivity contribution in [2.24, 2.45) is 5.92 Å². The van der Waals surface area contributed by atoms with Crippen molar-refractivity contribution in [1.29, 1.82) is 0 Å². The number of amides is 2. The van der Waals surface area contributed by atoms with Crippen LogP contribution in [0.25, 0.3) is 10.9 Å². The Labute approximate surface area is 204 Å². The molecule has 1 saturated heterocycles. The molecular formula is C27H31FN4O3. The third-order valence-electron chi connectivity index (χ3n) is 6.52. The van der Waals surface area contributed by atoms with Gasteiger partial charge < -0.3 is 20.1 Å². The molecule has 7 nitrogen and oxygen atoms in total. The number of H-pyrrole nitrogens is 1. The Morgan fingerprint density at radius 2 is 1.77 bits per heavy atom. The predicted molar refractivity (Wildman–Crippen MR) is 134 cm³/mol. The van der Waals surface area contributed by atoms with Crippen LogP contribution in [-0.2, 0) is 16.0 Å². The van der Waals surface area contributed by atoms with Gasteiger partial charge in [-0.1, -0.05) is 32.0 Å². The van der Waals surface area contributed by atoms with E-state index in [0.29, 0.717) is 43.9 Å². The average molecular weight is 479 g/mol. The van der Waals surface area contributed by atoms with Crippen LogP contribution in [0.5, 0.6) is 0 Å². The summed E-state index contributed by atoms with van der Waals surface area (Å²) in [7, 11) is 0. The molecule has 1 aliphatic heterocycles. The number of rotatable bonds is 7. The number of carbonyl (C=O) groups excluding carboxylic acids is 3. The van der Waals surface area contributed by atoms with E-state index in [-0.39, 0.29) is 23.5 Å². The van der Waals surface area contributed by atoms with Crippen LogP contribution in [0.2, 0.25) is 0 Å². The van der Waals surface area contributed by atoms with Crippen molar-refractivity contribution in [3.05, 3.63) is 65.6 Å². The van der Waals surface area contributed by atoms with Crippen LogP contribution in [-0.4, -0.2) is 59.7 Å². The summed E-state index contributed by atoms with van der Waals surface area (Å²) in [5.41, 5.74) is 2.70. The van der Waals surface area contributed by atoms with Crippen LogP contribution in [0, 0.1) is 11.7 Å². The summed E-state index contributed by atoms with van der Waals surface area (Å²) < 4.78 is 14.6. The molecule has 0 spiro atoms. The Morgan fingerprint density at radius 3 is 2.43 bits per heavy atom. The molecule has 184 valence electrons. The van der Waals surface area contributed by atoms with E-state index in [1.54, 1.807) is 30.9 Å². The lowest BCUT2D eigenvalue weighted by molar-refractivity contribution is -0.137. The predicted octanol–water partition coefficient (Wildman–Crippen LogP) is 3.54. The molecule has 0 saturated carbocycles. The number of benzene rings is 2. The van der Waals surface area contributed by atoms with E-state index in [2.05, 4.69) is 10.3 Å². The van der Waals surface area contributed by atoms with E-state index in [1.165, 1.54) is 13.0 Å². The monoisotopic (exact) mass is 478 g/mol. The van der Waals surface area contributed by atoms with Gasteiger partial charge in [-0.2, -0.15) is 0 Å². The number of piperazine rings is 1. The highest BCUT2D eigenvalue weighted by atomic mass is 19.1. The fraction of sp³-hybridized carbons (Fsp3) is 0.370. The van der Waals surface area contributed by atoms with E-state index in [9.17, 15) is 18.8 Å². The molecule has 1 atom stereocenters. The Morgan fingerprint density at radius 1 is 1.06 bits per heavy atom. The van der Waals surface area contributed by atoms with E-state index in [0.717, 1.165) is 16.5 Å². The number of anilines is 1. The number of fused-ring (bicyclic) bond motifs is 1. The fourth-order valence-electron chi connectivity index (χ4n) is 4.43. The van der Waals surface area contributed by atoms with Gasteiger partial charge in [0.2, 0.25) is 11.8 Å². The van der Waals surface area contributed by atoms with Crippen molar-refractivity contribution in [3.8, 4) is 0 Å². The van der Waals surface area contributed by atoms with E-state index >= 15 is 0 Å². The molecule has 0 bridgehead atoms. The number of para-hydroxylation sites is 1. The first-order chi connectivity index (χ1) is 16.7. The molecule has 1 unspecified atom stereocenters. The molecule has 8 heteroatoms. The number of hydrogen-bond acceptors (Lipinski definition) is 4. The van der Waals surface area contributed by atoms with Gasteiger partial charge >= 0.3 is 0 Å². The number of nitrogens with one attached hydrogen (secondary N) is 2. The second kappa shape index (κ2) is 10.3. The molecule has 4 rings (SSSR count). The SMILES string of the molecule is CC(=O)c1ccc(N2CCN(C(=O)C(Cc3c[nH]c4ccccc34)NC(=O)C(C)C)CC2)c(F)c1. The minimum Gasteiger partial charge on any atom is -0.366 e. The molecule has 1 aliphatic rings. The number of halogens is 1. The molecule has 2 heterocycles. The van der Waals surface area contributed by atoms with Crippen molar-refractivity contribution in [3.63, 3.8) is 0 Å². The van der Waals surface area contributed by atoms with Crippen molar-refractivity contribution in [2.75, 3.05) is 31.1 Å². The lowest BCUT2D eigenvalue weighted by Gasteiger charge is -2.38. The molecular weight excluding hydrogens is 447 g/mol. The zero-order valence-corrected chi connectivity index (χ0v) is 20.3. The second-order valence-electron chi connectivity index (χ2n) is 9.31. The topological polar surface area (TPSA) is 85.5 Å². The molecule has 0 aliphatic carbocycles. The van der Waals surface area contributed by atoms with Crippen LogP contribution in [0.3, 0.4) is 0 Å². The molecule has 3 aromatic rings. The van der Waals surface area contributed by atoms with Crippen molar-refractivity contribution in [1.82, 2.24) is 15.2 Å². The van der Waals surface area contributed by atoms with Gasteiger partial charge in [0.05, 0.1) is 5.69 Å². The van der Waals surface area contributed by atoms with Crippen LogP contribution in [0.1, 0.15) is 36.7 Å². The molecule has 35 heavy (non-hydrogen) atoms. The lowest BCUT2D eigenvalue weighted by atomic mass is 10.0. The van der Waals surface area contributed by atoms with Gasteiger partial charge in [-0.25, -0.2) is 4.39 Å². The lowest BCUT2D eigenvalue weighted by Crippen LogP contribution is -2.56. The number of aromatic amines is 1. The summed E-state index contributed by atoms with van der Waals surface area (Å²) >= 11 is 0. The van der Waals surface area contributed by atoms with Crippen molar-refractivity contribution in [2.45, 2.75) is 33.2 Å². The van der Waals surface area contributed by atoms with Crippen LogP contribution < -0.4 is 10.2 Å². The van der Waals surface area contributed by atoms with Crippen LogP contribution in [0.4, 0.5) is 10.1 Å². The van der Waals surface area contributed by atoms with E-state index < -0.39 is 11.9 Å². The number of hydrogen-bond donors (Lipinski definition) is 2. The molecule has 2 aromatic carbocycles. The Bertz CT molecular complexity index is 1240. The summed E-state index contributed by atoms with van der Waals surface area (Å²) in [6, 6.07) is 11.7. The Kier molecular flexibility index (Phi) is 7.19. The minimum absolute atomic E-state index is 0.142. The van der Waals surface area contributed by atoms with Gasteiger partial charge in [0.25, 0.3) is 0 Å². The molecule has 0 radical (unpaired) electrons. The zero-order chi connectivity index (χ0) is 25.1. The largest absolute Gasteiger partial charge is 0.366 e. The van der Waals surface area contributed by atoms with Crippen LogP contribution >= 0.6 is 0 Å². The molecule has 1 fully saturated rings. The average Bonchev–Trinajstić information content (AvgIpc) is 3.26. The smallest absolute Gasteiger partial charge is 0.245 e. The van der Waals surface area contributed by atoms with Gasteiger partial charge in [-0.15, -0.1) is 0 Å². The van der Waals surface area contributed by atoms with Crippen molar-refractivity contribution < 1.29 is 18.8 Å². The first-order valence-electron chi connectivity index (χ1n) is 11.9. The maximum absolute atomic E-state index is 14.6. The third kappa shape index (κ3) is 5.37. The quantitative estimate of drug-likeness (QED) is 0.509. The number of Topliss-reactive ketones (excluding diaryl/α,β-unsaturated/α-hetero) is 1. The Hall–Kier alpha value is -3.68. The second-order valence-corrected chi connectivity index (χ2v) is 9.31. The van der Waals surface area contributed by atoms with Crippen LogP contribution in [0.15, 0.2) is 48.7 Å². The summed E-state index contributed by atoms with van der Waals surface area (Å²) in [6.07, 6.45) is 2.26. The first kappa shape index (κ1) is 24.4. The normalized spacial score (nSPS) is 14.9. The summed E-state index contributed by atoms with van der Waals surface area (Å²) in [6.45, 7) is 6.74. The highest BCUT2D eigenvalue weighted by Crippen LogP contribution is 2.24. The molecule has 2 N–H and O–H groups in total. The van der Waals surface area contributed by atoms with Gasteiger partial charge in [-0.05, 0) is 36.8 Å². The highest BCUT2D eigenvalue weighted by Gasteiger charge is 2.30. The minimum atomic E-state index is -0.692. The number of ketones is 1. The Balaban J connectivity index is 1.47. The summed E-state index contributed by atoms with van der Waals surface area (Å²) in [5.74, 6) is -1.19. The first-order valence-corrected chi connectivity index (χ1v) is 11.9. The third-order valence-corrected chi connectivity index (χ3v) is 6.52. The van der Waals surface area contributed by atoms with Gasteiger partial charge in [0.15, 0.2) is 5.78 Å². The van der Waals surface area contributed by atoms with Crippen molar-refractivity contribution >= 4 is 34.2 Å². The maximum atomic E-state index is 14.6. The zero-order valence-electron chi connectivity index (χ0n) is 20.3. The number of carbonyl (C=O) groups is 3. The van der Waals surface area contributed by atoms with E-state index in [4.69, 9.17) is 0 Å². The summed E-state index contributed by atoms with van der Waals surface area (Å²) in [4.78, 5) is 44.4. The van der Waals surface area contributed by atoms with Gasteiger partial charge in [0.1, 0.15) is 11.9 Å². The van der Waals surface area contributed by atoms with Gasteiger partial charge in [-0.3, -0.25) is 14.4 Å². The summed E-state index contributed by atoms with van der Waals surface area (Å²) in [5, 5.41) is 3.96. The van der Waals surface area contributed by atoms with E-state index in [1.807, 2.05) is 35.4 Å². The highest BCUT2D eigenvalue weighted by molar-refractivity contribution is 5.94. The fourth-order valence-corrected chi connectivity index (χ4v) is 4.43. The molecule has 2 amide bonds. The molecule has 1 aromatic heterocycles.